The molecule has 1 aromatic rings. The van der Waals surface area contributed by atoms with Crippen molar-refractivity contribution < 1.29 is 9.53 Å². The van der Waals surface area contributed by atoms with Crippen LogP contribution in [0, 0.1) is 0 Å². The van der Waals surface area contributed by atoms with Crippen LogP contribution in [0.5, 0.6) is 0 Å². The molecule has 1 atom stereocenters. The van der Waals surface area contributed by atoms with Gasteiger partial charge in [-0.15, -0.1) is 0 Å². The highest BCUT2D eigenvalue weighted by atomic mass is 16.5. The van der Waals surface area contributed by atoms with Crippen LogP contribution in [-0.4, -0.2) is 68.3 Å². The third-order valence-corrected chi connectivity index (χ3v) is 4.38. The van der Waals surface area contributed by atoms with Gasteiger partial charge in [0.2, 0.25) is 0 Å². The van der Waals surface area contributed by atoms with E-state index in [2.05, 4.69) is 20.1 Å². The van der Waals surface area contributed by atoms with Crippen molar-refractivity contribution in [3.05, 3.63) is 23.9 Å². The zero-order valence-corrected chi connectivity index (χ0v) is 13.1. The van der Waals surface area contributed by atoms with Crippen LogP contribution in [0.25, 0.3) is 0 Å². The molecule has 120 valence electrons. The van der Waals surface area contributed by atoms with E-state index in [0.29, 0.717) is 11.8 Å². The third-order valence-electron chi connectivity index (χ3n) is 4.38. The molecule has 1 amide bonds. The number of pyridine rings is 1. The Morgan fingerprint density at radius 1 is 1.36 bits per heavy atom. The molecule has 0 unspecified atom stereocenters. The van der Waals surface area contributed by atoms with Gasteiger partial charge in [-0.2, -0.15) is 0 Å². The normalized spacial score (nSPS) is 22.8. The minimum absolute atomic E-state index is 0.140. The van der Waals surface area contributed by atoms with Gasteiger partial charge >= 0.3 is 0 Å². The van der Waals surface area contributed by atoms with E-state index < -0.39 is 0 Å². The molecular weight excluding hydrogens is 280 g/mol. The minimum Gasteiger partial charge on any atom is -0.377 e. The number of piperazine rings is 1. The first-order valence-electron chi connectivity index (χ1n) is 8.04. The molecule has 2 saturated heterocycles. The highest BCUT2D eigenvalue weighted by Crippen LogP contribution is 2.17. The van der Waals surface area contributed by atoms with E-state index in [1.54, 1.807) is 13.1 Å². The van der Waals surface area contributed by atoms with Crippen molar-refractivity contribution >= 4 is 11.7 Å². The number of carbonyl (C=O) groups excluding carboxylic acids is 1. The van der Waals surface area contributed by atoms with Crippen LogP contribution < -0.4 is 10.2 Å². The fourth-order valence-electron chi connectivity index (χ4n) is 3.09. The van der Waals surface area contributed by atoms with Gasteiger partial charge in [-0.25, -0.2) is 4.98 Å². The Morgan fingerprint density at radius 3 is 2.86 bits per heavy atom. The van der Waals surface area contributed by atoms with Crippen LogP contribution in [0.15, 0.2) is 18.2 Å². The number of rotatable bonds is 4. The fourth-order valence-corrected chi connectivity index (χ4v) is 3.09. The SMILES string of the molecule is CNC(=O)c1cccc(N2CCN(C[C@H]3CCCO3)CC2)n1. The maximum absolute atomic E-state index is 11.7. The van der Waals surface area contributed by atoms with Crippen LogP contribution in [0.4, 0.5) is 5.82 Å². The van der Waals surface area contributed by atoms with Crippen LogP contribution in [0.1, 0.15) is 23.3 Å². The van der Waals surface area contributed by atoms with Gasteiger partial charge in [-0.1, -0.05) is 6.07 Å². The van der Waals surface area contributed by atoms with E-state index in [1.807, 2.05) is 12.1 Å². The number of aromatic nitrogens is 1. The van der Waals surface area contributed by atoms with Gasteiger partial charge in [0, 0.05) is 46.4 Å². The molecule has 2 aliphatic rings. The second-order valence-electron chi connectivity index (χ2n) is 5.88. The molecular formula is C16H24N4O2. The number of nitrogens with zero attached hydrogens (tertiary/aromatic N) is 3. The Kier molecular flexibility index (Phi) is 4.90. The van der Waals surface area contributed by atoms with Crippen molar-refractivity contribution in [2.75, 3.05) is 51.3 Å². The number of carbonyl (C=O) groups is 1. The first kappa shape index (κ1) is 15.2. The number of nitrogens with one attached hydrogen (secondary N) is 1. The Labute approximate surface area is 131 Å². The van der Waals surface area contributed by atoms with Crippen LogP contribution in [0.2, 0.25) is 0 Å². The Hall–Kier alpha value is -1.66. The van der Waals surface area contributed by atoms with Gasteiger partial charge in [0.1, 0.15) is 11.5 Å². The van der Waals surface area contributed by atoms with Gasteiger partial charge in [0.25, 0.3) is 5.91 Å². The van der Waals surface area contributed by atoms with E-state index in [1.165, 1.54) is 12.8 Å². The predicted molar refractivity (Wildman–Crippen MR) is 85.3 cm³/mol. The summed E-state index contributed by atoms with van der Waals surface area (Å²) in [5.41, 5.74) is 0.474. The van der Waals surface area contributed by atoms with Crippen molar-refractivity contribution in [3.63, 3.8) is 0 Å². The molecule has 2 fully saturated rings. The summed E-state index contributed by atoms with van der Waals surface area (Å²) in [7, 11) is 1.63. The number of hydrogen-bond donors (Lipinski definition) is 1. The molecule has 0 aromatic carbocycles. The summed E-state index contributed by atoms with van der Waals surface area (Å²) < 4.78 is 5.71. The lowest BCUT2D eigenvalue weighted by molar-refractivity contribution is 0.0712. The molecule has 0 radical (unpaired) electrons. The van der Waals surface area contributed by atoms with Gasteiger partial charge in [0.05, 0.1) is 6.10 Å². The lowest BCUT2D eigenvalue weighted by Crippen LogP contribution is -2.48. The molecule has 0 saturated carbocycles. The Balaban J connectivity index is 1.55. The number of hydrogen-bond acceptors (Lipinski definition) is 5. The molecule has 3 rings (SSSR count). The molecule has 1 N–H and O–H groups in total. The van der Waals surface area contributed by atoms with Gasteiger partial charge in [-0.05, 0) is 25.0 Å². The van der Waals surface area contributed by atoms with E-state index in [9.17, 15) is 4.79 Å². The standard InChI is InChI=1S/C16H24N4O2/c1-17-16(21)14-5-2-6-15(18-14)20-9-7-19(8-10-20)12-13-4-3-11-22-13/h2,5-6,13H,3-4,7-12H2,1H3,(H,17,21)/t13-/m1/s1. The number of ether oxygens (including phenoxy) is 1. The minimum atomic E-state index is -0.140. The second-order valence-corrected chi connectivity index (χ2v) is 5.88. The van der Waals surface area contributed by atoms with E-state index in [4.69, 9.17) is 4.74 Å². The second kappa shape index (κ2) is 7.07. The summed E-state index contributed by atoms with van der Waals surface area (Å²) >= 11 is 0. The average Bonchev–Trinajstić information content (AvgIpc) is 3.08. The van der Waals surface area contributed by atoms with Gasteiger partial charge in [0.15, 0.2) is 0 Å². The van der Waals surface area contributed by atoms with Gasteiger partial charge in [-0.3, -0.25) is 9.69 Å². The van der Waals surface area contributed by atoms with Crippen molar-refractivity contribution in [2.24, 2.45) is 0 Å². The van der Waals surface area contributed by atoms with Crippen molar-refractivity contribution in [1.29, 1.82) is 0 Å². The van der Waals surface area contributed by atoms with Crippen molar-refractivity contribution in [2.45, 2.75) is 18.9 Å². The molecule has 1 aromatic heterocycles. The topological polar surface area (TPSA) is 57.7 Å². The molecule has 3 heterocycles. The zero-order valence-electron chi connectivity index (χ0n) is 13.1. The molecule has 22 heavy (non-hydrogen) atoms. The summed E-state index contributed by atoms with van der Waals surface area (Å²) in [6.45, 7) is 5.88. The lowest BCUT2D eigenvalue weighted by atomic mass is 10.2. The third kappa shape index (κ3) is 3.56. The first-order valence-corrected chi connectivity index (χ1v) is 8.04. The van der Waals surface area contributed by atoms with Crippen molar-refractivity contribution in [1.82, 2.24) is 15.2 Å². The summed E-state index contributed by atoms with van der Waals surface area (Å²) in [6, 6.07) is 5.61. The smallest absolute Gasteiger partial charge is 0.269 e. The number of anilines is 1. The summed E-state index contributed by atoms with van der Waals surface area (Å²) in [5, 5.41) is 2.62. The van der Waals surface area contributed by atoms with Crippen LogP contribution in [-0.2, 0) is 4.74 Å². The molecule has 0 aliphatic carbocycles. The highest BCUT2D eigenvalue weighted by molar-refractivity contribution is 5.92. The van der Waals surface area contributed by atoms with Crippen LogP contribution >= 0.6 is 0 Å². The average molecular weight is 304 g/mol. The number of amides is 1. The Morgan fingerprint density at radius 2 is 2.18 bits per heavy atom. The van der Waals surface area contributed by atoms with Crippen LogP contribution in [0.3, 0.4) is 0 Å². The van der Waals surface area contributed by atoms with Crippen molar-refractivity contribution in [3.8, 4) is 0 Å². The maximum atomic E-state index is 11.7. The Bertz CT molecular complexity index is 509. The molecule has 6 heteroatoms. The molecule has 0 spiro atoms. The largest absolute Gasteiger partial charge is 0.377 e. The quantitative estimate of drug-likeness (QED) is 0.889. The summed E-state index contributed by atoms with van der Waals surface area (Å²) in [4.78, 5) is 20.9. The molecule has 2 aliphatic heterocycles. The molecule has 6 nitrogen and oxygen atoms in total. The first-order chi connectivity index (χ1) is 10.8. The fraction of sp³-hybridized carbons (Fsp3) is 0.625. The van der Waals surface area contributed by atoms with Gasteiger partial charge < -0.3 is 15.0 Å². The highest BCUT2D eigenvalue weighted by Gasteiger charge is 2.23. The van der Waals surface area contributed by atoms with E-state index in [-0.39, 0.29) is 5.91 Å². The van der Waals surface area contributed by atoms with E-state index >= 15 is 0 Å². The maximum Gasteiger partial charge on any atom is 0.269 e. The van der Waals surface area contributed by atoms with E-state index in [0.717, 1.165) is 45.1 Å². The molecule has 0 bridgehead atoms. The summed E-state index contributed by atoms with van der Waals surface area (Å²) in [6.07, 6.45) is 2.80. The monoisotopic (exact) mass is 304 g/mol. The predicted octanol–water partition coefficient (Wildman–Crippen LogP) is 0.742. The lowest BCUT2D eigenvalue weighted by Gasteiger charge is -2.36. The summed E-state index contributed by atoms with van der Waals surface area (Å²) in [5.74, 6) is 0.747. The zero-order chi connectivity index (χ0) is 15.4.